The van der Waals surface area contributed by atoms with Gasteiger partial charge >= 0.3 is 14.8 Å². The molecular weight excluding hydrogens is 264 g/mol. The van der Waals surface area contributed by atoms with Crippen LogP contribution in [0.1, 0.15) is 41.0 Å². The van der Waals surface area contributed by atoms with Crippen molar-refractivity contribution in [3.05, 3.63) is 0 Å². The van der Waals surface area contributed by atoms with Crippen LogP contribution in [0.25, 0.3) is 0 Å². The van der Waals surface area contributed by atoms with Crippen molar-refractivity contribution >= 4 is 14.8 Å². The van der Waals surface area contributed by atoms with Crippen LogP contribution in [-0.4, -0.2) is 41.2 Å². The fourth-order valence-corrected chi connectivity index (χ4v) is 4.93. The molecule has 0 aliphatic carbocycles. The first-order chi connectivity index (χ1) is 8.85. The van der Waals surface area contributed by atoms with Gasteiger partial charge in [-0.15, -0.1) is 0 Å². The predicted molar refractivity (Wildman–Crippen MR) is 76.9 cm³/mol. The fraction of sp³-hybridized carbons (Fsp3) is 0.917. The van der Waals surface area contributed by atoms with Crippen molar-refractivity contribution in [3.8, 4) is 0 Å². The van der Waals surface area contributed by atoms with Gasteiger partial charge in [0.15, 0.2) is 0 Å². The molecule has 0 atom stereocenters. The molecule has 114 valence electrons. The van der Waals surface area contributed by atoms with Crippen LogP contribution in [0.3, 0.4) is 0 Å². The highest BCUT2D eigenvalue weighted by Gasteiger charge is 2.54. The number of nitrogens with two attached hydrogens (primary N) is 1. The number of carbonyl (C=O) groups is 1. The number of amides is 2. The molecule has 0 aliphatic heterocycles. The van der Waals surface area contributed by atoms with E-state index in [-0.39, 0.29) is 5.04 Å². The summed E-state index contributed by atoms with van der Waals surface area (Å²) in [4.78, 5) is 10.7. The minimum Gasteiger partial charge on any atom is -0.373 e. The Hall–Kier alpha value is -0.633. The maximum Gasteiger partial charge on any atom is 0.506 e. The SMILES string of the molecule is CCO[Si](OCC)(OCC)C(C)(C)CCNC(N)=O. The predicted octanol–water partition coefficient (Wildman–Crippen LogP) is 1.87. The fourth-order valence-electron chi connectivity index (χ4n) is 1.93. The summed E-state index contributed by atoms with van der Waals surface area (Å²) in [6.45, 7) is 12.0. The Balaban J connectivity index is 4.89. The summed E-state index contributed by atoms with van der Waals surface area (Å²) in [5.74, 6) is 0. The van der Waals surface area contributed by atoms with Crippen molar-refractivity contribution in [3.63, 3.8) is 0 Å². The normalized spacial score (nSPS) is 12.5. The molecule has 2 amide bonds. The van der Waals surface area contributed by atoms with Gasteiger partial charge in [-0.3, -0.25) is 0 Å². The number of nitrogens with one attached hydrogen (secondary N) is 1. The molecule has 0 aromatic rings. The van der Waals surface area contributed by atoms with Gasteiger partial charge in [0.25, 0.3) is 0 Å². The van der Waals surface area contributed by atoms with E-state index in [2.05, 4.69) is 5.32 Å². The van der Waals surface area contributed by atoms with Crippen LogP contribution in [0.2, 0.25) is 5.04 Å². The summed E-state index contributed by atoms with van der Waals surface area (Å²) in [5, 5.41) is 2.30. The van der Waals surface area contributed by atoms with E-state index in [1.807, 2.05) is 34.6 Å². The molecule has 0 fully saturated rings. The molecule has 0 saturated heterocycles. The minimum atomic E-state index is -2.79. The second-order valence-electron chi connectivity index (χ2n) is 4.78. The van der Waals surface area contributed by atoms with Crippen molar-refractivity contribution in [2.24, 2.45) is 5.73 Å². The van der Waals surface area contributed by atoms with Crippen LogP contribution >= 0.6 is 0 Å². The van der Waals surface area contributed by atoms with Gasteiger partial charge in [0.1, 0.15) is 0 Å². The van der Waals surface area contributed by atoms with Gasteiger partial charge in [0, 0.05) is 31.4 Å². The average Bonchev–Trinajstić information content (AvgIpc) is 2.28. The molecule has 0 aromatic carbocycles. The molecule has 0 unspecified atom stereocenters. The van der Waals surface area contributed by atoms with Crippen LogP contribution < -0.4 is 11.1 Å². The first kappa shape index (κ1) is 18.4. The van der Waals surface area contributed by atoms with Crippen LogP contribution in [0.4, 0.5) is 4.79 Å². The van der Waals surface area contributed by atoms with Crippen molar-refractivity contribution in [2.75, 3.05) is 26.4 Å². The lowest BCUT2D eigenvalue weighted by atomic mass is 10.1. The number of urea groups is 1. The quantitative estimate of drug-likeness (QED) is 0.602. The molecule has 0 heterocycles. The zero-order valence-corrected chi connectivity index (χ0v) is 13.7. The topological polar surface area (TPSA) is 82.8 Å². The lowest BCUT2D eigenvalue weighted by molar-refractivity contribution is 0.0466. The van der Waals surface area contributed by atoms with Gasteiger partial charge in [-0.1, -0.05) is 13.8 Å². The molecule has 7 heteroatoms. The highest BCUT2D eigenvalue weighted by Crippen LogP contribution is 2.42. The maximum absolute atomic E-state index is 10.7. The third-order valence-electron chi connectivity index (χ3n) is 2.88. The standard InChI is InChI=1S/C12H28N2O4Si/c1-6-16-19(17-7-2,18-8-3)12(4,5)9-10-14-11(13)15/h6-10H2,1-5H3,(H3,13,14,15). The van der Waals surface area contributed by atoms with Crippen molar-refractivity contribution in [1.82, 2.24) is 5.32 Å². The third kappa shape index (κ3) is 5.48. The summed E-state index contributed by atoms with van der Waals surface area (Å²) in [5.41, 5.74) is 5.07. The summed E-state index contributed by atoms with van der Waals surface area (Å²) in [7, 11) is -2.79. The summed E-state index contributed by atoms with van der Waals surface area (Å²) in [6.07, 6.45) is 0.683. The molecule has 0 aromatic heterocycles. The summed E-state index contributed by atoms with van der Waals surface area (Å²) in [6, 6.07) is -0.521. The van der Waals surface area contributed by atoms with E-state index in [1.165, 1.54) is 0 Å². The van der Waals surface area contributed by atoms with Crippen molar-refractivity contribution < 1.29 is 18.1 Å². The molecule has 0 radical (unpaired) electrons. The summed E-state index contributed by atoms with van der Waals surface area (Å²) < 4.78 is 17.6. The molecule has 0 bridgehead atoms. The van der Waals surface area contributed by atoms with E-state index < -0.39 is 14.8 Å². The molecular formula is C12H28N2O4Si. The van der Waals surface area contributed by atoms with E-state index in [0.717, 1.165) is 0 Å². The van der Waals surface area contributed by atoms with Crippen LogP contribution in [0, 0.1) is 0 Å². The first-order valence-corrected chi connectivity index (χ1v) is 8.52. The Labute approximate surface area is 117 Å². The van der Waals surface area contributed by atoms with Crippen molar-refractivity contribution in [1.29, 1.82) is 0 Å². The second-order valence-corrected chi connectivity index (χ2v) is 8.11. The van der Waals surface area contributed by atoms with Crippen LogP contribution in [0.15, 0.2) is 0 Å². The Morgan fingerprint density at radius 2 is 1.53 bits per heavy atom. The number of hydrogen-bond donors (Lipinski definition) is 2. The Bertz CT molecular complexity index is 257. The monoisotopic (exact) mass is 292 g/mol. The number of primary amides is 1. The Kier molecular flexibility index (Phi) is 8.24. The van der Waals surface area contributed by atoms with E-state index in [9.17, 15) is 4.79 Å². The molecule has 0 rings (SSSR count). The maximum atomic E-state index is 10.7. The van der Waals surface area contributed by atoms with E-state index in [0.29, 0.717) is 32.8 Å². The molecule has 0 spiro atoms. The Morgan fingerprint density at radius 3 is 1.84 bits per heavy atom. The minimum absolute atomic E-state index is 0.294. The largest absolute Gasteiger partial charge is 0.506 e. The molecule has 6 nitrogen and oxygen atoms in total. The number of hydrogen-bond acceptors (Lipinski definition) is 4. The zero-order valence-electron chi connectivity index (χ0n) is 12.7. The highest BCUT2D eigenvalue weighted by atomic mass is 28.4. The second kappa shape index (κ2) is 8.52. The third-order valence-corrected chi connectivity index (χ3v) is 6.80. The molecule has 0 saturated carbocycles. The first-order valence-electron chi connectivity index (χ1n) is 6.80. The highest BCUT2D eigenvalue weighted by molar-refractivity contribution is 6.64. The molecule has 19 heavy (non-hydrogen) atoms. The average molecular weight is 292 g/mol. The smallest absolute Gasteiger partial charge is 0.373 e. The molecule has 0 aliphatic rings. The van der Waals surface area contributed by atoms with Crippen molar-refractivity contribution in [2.45, 2.75) is 46.1 Å². The Morgan fingerprint density at radius 1 is 1.11 bits per heavy atom. The zero-order chi connectivity index (χ0) is 14.9. The van der Waals surface area contributed by atoms with Crippen LogP contribution in [-0.2, 0) is 13.3 Å². The van der Waals surface area contributed by atoms with Gasteiger partial charge in [-0.05, 0) is 27.2 Å². The van der Waals surface area contributed by atoms with E-state index in [1.54, 1.807) is 0 Å². The molecule has 3 N–H and O–H groups in total. The van der Waals surface area contributed by atoms with Crippen LogP contribution in [0.5, 0.6) is 0 Å². The van der Waals surface area contributed by atoms with Gasteiger partial charge in [-0.2, -0.15) is 0 Å². The number of rotatable bonds is 10. The summed E-state index contributed by atoms with van der Waals surface area (Å²) >= 11 is 0. The van der Waals surface area contributed by atoms with Gasteiger partial charge < -0.3 is 24.3 Å². The number of carbonyl (C=O) groups excluding carboxylic acids is 1. The van der Waals surface area contributed by atoms with Gasteiger partial charge in [0.05, 0.1) is 0 Å². The lowest BCUT2D eigenvalue weighted by Gasteiger charge is -2.40. The van der Waals surface area contributed by atoms with E-state index >= 15 is 0 Å². The van der Waals surface area contributed by atoms with Gasteiger partial charge in [0.2, 0.25) is 0 Å². The van der Waals surface area contributed by atoms with E-state index in [4.69, 9.17) is 19.0 Å². The van der Waals surface area contributed by atoms with Gasteiger partial charge in [-0.25, -0.2) is 4.79 Å². The lowest BCUT2D eigenvalue weighted by Crippen LogP contribution is -2.55.